The first-order valence-electron chi connectivity index (χ1n) is 9.35. The molecule has 29 heavy (non-hydrogen) atoms. The van der Waals surface area contributed by atoms with Crippen LogP contribution in [0.3, 0.4) is 0 Å². The Morgan fingerprint density at radius 1 is 1.07 bits per heavy atom. The van der Waals surface area contributed by atoms with Gasteiger partial charge in [-0.2, -0.15) is 4.31 Å². The summed E-state index contributed by atoms with van der Waals surface area (Å²) in [5.41, 5.74) is -0.264. The Hall–Kier alpha value is -2.46. The van der Waals surface area contributed by atoms with Crippen molar-refractivity contribution in [1.82, 2.24) is 19.8 Å². The van der Waals surface area contributed by atoms with E-state index >= 15 is 0 Å². The Morgan fingerprint density at radius 2 is 1.69 bits per heavy atom. The maximum absolute atomic E-state index is 12.9. The van der Waals surface area contributed by atoms with Gasteiger partial charge in [-0.15, -0.1) is 0 Å². The van der Waals surface area contributed by atoms with Crippen molar-refractivity contribution in [1.29, 1.82) is 0 Å². The van der Waals surface area contributed by atoms with Crippen molar-refractivity contribution in [2.24, 2.45) is 0 Å². The molecule has 9 nitrogen and oxygen atoms in total. The molecule has 1 aliphatic rings. The minimum Gasteiger partial charge on any atom is -0.350 e. The average Bonchev–Trinajstić information content (AvgIpc) is 2.65. The summed E-state index contributed by atoms with van der Waals surface area (Å²) in [6.07, 6.45) is 0. The summed E-state index contributed by atoms with van der Waals surface area (Å²) in [6.45, 7) is 7.80. The van der Waals surface area contributed by atoms with Gasteiger partial charge in [-0.25, -0.2) is 8.42 Å². The van der Waals surface area contributed by atoms with E-state index in [-0.39, 0.29) is 41.9 Å². The van der Waals surface area contributed by atoms with E-state index in [1.807, 2.05) is 20.8 Å². The van der Waals surface area contributed by atoms with E-state index in [0.717, 1.165) is 0 Å². The highest BCUT2D eigenvalue weighted by Gasteiger charge is 2.29. The van der Waals surface area contributed by atoms with Crippen molar-refractivity contribution in [2.45, 2.75) is 38.1 Å². The number of hydrogen-bond acceptors (Lipinski definition) is 5. The van der Waals surface area contributed by atoms with Gasteiger partial charge < -0.3 is 15.5 Å². The van der Waals surface area contributed by atoms with Gasteiger partial charge in [0.05, 0.1) is 11.4 Å². The predicted molar refractivity (Wildman–Crippen MR) is 108 cm³/mol. The van der Waals surface area contributed by atoms with Crippen LogP contribution in [0.5, 0.6) is 0 Å². The third-order valence-electron chi connectivity index (χ3n) is 4.34. The molecule has 0 atom stereocenters. The lowest BCUT2D eigenvalue weighted by Crippen LogP contribution is -2.49. The zero-order chi connectivity index (χ0) is 21.8. The summed E-state index contributed by atoms with van der Waals surface area (Å²) in [5.74, 6) is -0.957. The van der Waals surface area contributed by atoms with Crippen LogP contribution in [-0.4, -0.2) is 73.6 Å². The van der Waals surface area contributed by atoms with E-state index in [0.29, 0.717) is 13.1 Å². The van der Waals surface area contributed by atoms with E-state index in [1.165, 1.54) is 35.5 Å². The Kier molecular flexibility index (Phi) is 7.02. The fraction of sp³-hybridized carbons (Fsp3) is 0.526. The molecule has 0 radical (unpaired) electrons. The van der Waals surface area contributed by atoms with E-state index in [9.17, 15) is 22.8 Å². The van der Waals surface area contributed by atoms with Gasteiger partial charge in [0.2, 0.25) is 21.8 Å². The fourth-order valence-electron chi connectivity index (χ4n) is 2.92. The first-order chi connectivity index (χ1) is 13.4. The van der Waals surface area contributed by atoms with Crippen LogP contribution < -0.4 is 10.6 Å². The summed E-state index contributed by atoms with van der Waals surface area (Å²) in [7, 11) is -3.79. The minimum absolute atomic E-state index is 0.000526. The van der Waals surface area contributed by atoms with Gasteiger partial charge in [0.1, 0.15) is 0 Å². The molecule has 1 aliphatic heterocycles. The molecule has 1 aromatic carbocycles. The SMILES string of the molecule is CC(=O)N1CCN(S(=O)(=O)c2cccc(C(=O)NCC(=O)NC(C)(C)C)c2)CC1. The zero-order valence-electron chi connectivity index (χ0n) is 17.2. The second-order valence-corrected chi connectivity index (χ2v) is 9.86. The van der Waals surface area contributed by atoms with Crippen molar-refractivity contribution in [3.8, 4) is 0 Å². The molecule has 1 fully saturated rings. The summed E-state index contributed by atoms with van der Waals surface area (Å²) >= 11 is 0. The normalized spacial score (nSPS) is 15.7. The van der Waals surface area contributed by atoms with Crippen molar-refractivity contribution < 1.29 is 22.8 Å². The Morgan fingerprint density at radius 3 is 2.24 bits per heavy atom. The van der Waals surface area contributed by atoms with Crippen LogP contribution in [0.25, 0.3) is 0 Å². The molecule has 0 spiro atoms. The van der Waals surface area contributed by atoms with E-state index in [4.69, 9.17) is 0 Å². The molecule has 0 aromatic heterocycles. The highest BCUT2D eigenvalue weighted by atomic mass is 32.2. The van der Waals surface area contributed by atoms with Crippen molar-refractivity contribution >= 4 is 27.7 Å². The molecule has 2 N–H and O–H groups in total. The van der Waals surface area contributed by atoms with Crippen molar-refractivity contribution in [2.75, 3.05) is 32.7 Å². The molecule has 3 amide bonds. The van der Waals surface area contributed by atoms with Crippen LogP contribution in [0.1, 0.15) is 38.1 Å². The maximum Gasteiger partial charge on any atom is 0.251 e. The quantitative estimate of drug-likeness (QED) is 0.700. The predicted octanol–water partition coefficient (Wildman–Crippen LogP) is 0.184. The highest BCUT2D eigenvalue weighted by molar-refractivity contribution is 7.89. The summed E-state index contributed by atoms with van der Waals surface area (Å²) < 4.78 is 27.1. The van der Waals surface area contributed by atoms with Gasteiger partial charge in [0, 0.05) is 44.2 Å². The molecule has 1 aromatic rings. The van der Waals surface area contributed by atoms with Crippen LogP contribution in [0, 0.1) is 0 Å². The van der Waals surface area contributed by atoms with Gasteiger partial charge in [-0.1, -0.05) is 6.07 Å². The lowest BCUT2D eigenvalue weighted by atomic mass is 10.1. The lowest BCUT2D eigenvalue weighted by Gasteiger charge is -2.33. The minimum atomic E-state index is -3.79. The van der Waals surface area contributed by atoms with Crippen LogP contribution in [0.15, 0.2) is 29.2 Å². The molecule has 0 unspecified atom stereocenters. The average molecular weight is 425 g/mol. The Balaban J connectivity index is 2.05. The van der Waals surface area contributed by atoms with Gasteiger partial charge in [0.15, 0.2) is 0 Å². The summed E-state index contributed by atoms with van der Waals surface area (Å²) in [6, 6.07) is 5.70. The smallest absolute Gasteiger partial charge is 0.251 e. The number of piperazine rings is 1. The van der Waals surface area contributed by atoms with E-state index in [1.54, 1.807) is 4.90 Å². The second-order valence-electron chi connectivity index (χ2n) is 7.92. The topological polar surface area (TPSA) is 116 Å². The van der Waals surface area contributed by atoms with Crippen LogP contribution >= 0.6 is 0 Å². The molecular weight excluding hydrogens is 396 g/mol. The molecule has 160 valence electrons. The molecule has 2 rings (SSSR count). The lowest BCUT2D eigenvalue weighted by molar-refractivity contribution is -0.130. The molecule has 0 saturated carbocycles. The Bertz CT molecular complexity index is 884. The van der Waals surface area contributed by atoms with Gasteiger partial charge in [-0.05, 0) is 39.0 Å². The van der Waals surface area contributed by atoms with E-state index in [2.05, 4.69) is 10.6 Å². The maximum atomic E-state index is 12.9. The van der Waals surface area contributed by atoms with Crippen molar-refractivity contribution in [3.63, 3.8) is 0 Å². The highest BCUT2D eigenvalue weighted by Crippen LogP contribution is 2.19. The molecule has 1 heterocycles. The number of nitrogens with zero attached hydrogens (tertiary/aromatic N) is 2. The fourth-order valence-corrected chi connectivity index (χ4v) is 4.38. The number of carbonyl (C=O) groups excluding carboxylic acids is 3. The molecule has 10 heteroatoms. The monoisotopic (exact) mass is 424 g/mol. The number of sulfonamides is 1. The molecule has 0 aliphatic carbocycles. The Labute approximate surface area is 171 Å². The van der Waals surface area contributed by atoms with Crippen LogP contribution in [-0.2, 0) is 19.6 Å². The third kappa shape index (κ3) is 6.26. The first-order valence-corrected chi connectivity index (χ1v) is 10.8. The number of amides is 3. The number of carbonyl (C=O) groups is 3. The van der Waals surface area contributed by atoms with Crippen molar-refractivity contribution in [3.05, 3.63) is 29.8 Å². The number of nitrogens with one attached hydrogen (secondary N) is 2. The number of benzene rings is 1. The molecule has 1 saturated heterocycles. The first kappa shape index (κ1) is 22.8. The van der Waals surface area contributed by atoms with Crippen LogP contribution in [0.4, 0.5) is 0 Å². The largest absolute Gasteiger partial charge is 0.350 e. The second kappa shape index (κ2) is 8.91. The van der Waals surface area contributed by atoms with Gasteiger partial charge in [0.25, 0.3) is 5.91 Å². The van der Waals surface area contributed by atoms with E-state index < -0.39 is 21.5 Å². The molecule has 0 bridgehead atoms. The summed E-state index contributed by atoms with van der Waals surface area (Å²) in [5, 5.41) is 5.23. The van der Waals surface area contributed by atoms with Crippen LogP contribution in [0.2, 0.25) is 0 Å². The third-order valence-corrected chi connectivity index (χ3v) is 6.24. The number of rotatable bonds is 5. The van der Waals surface area contributed by atoms with Gasteiger partial charge in [-0.3, -0.25) is 14.4 Å². The van der Waals surface area contributed by atoms with Gasteiger partial charge >= 0.3 is 0 Å². The standard InChI is InChI=1S/C19H28N4O5S/c1-14(24)22-8-10-23(11-9-22)29(27,28)16-7-5-6-15(12-16)18(26)20-13-17(25)21-19(2,3)4/h5-7,12H,8-11,13H2,1-4H3,(H,20,26)(H,21,25). The number of hydrogen-bond donors (Lipinski definition) is 2. The summed E-state index contributed by atoms with van der Waals surface area (Å²) in [4.78, 5) is 37.2. The zero-order valence-corrected chi connectivity index (χ0v) is 18.0. The molecular formula is C19H28N4O5S.